The molecular weight excluding hydrogens is 270 g/mol. The van der Waals surface area contributed by atoms with Gasteiger partial charge in [-0.2, -0.15) is 0 Å². The Kier molecular flexibility index (Phi) is 5.56. The van der Waals surface area contributed by atoms with Crippen LogP contribution in [0, 0.1) is 18.8 Å². The third kappa shape index (κ3) is 3.43. The number of aromatic nitrogens is 1. The highest BCUT2D eigenvalue weighted by atomic mass is 35.5. The molecule has 1 amide bonds. The minimum Gasteiger partial charge on any atom is -0.347 e. The maximum Gasteiger partial charge on any atom is 0.225 e. The number of nitrogens with zero attached hydrogens (tertiary/aromatic N) is 1. The van der Waals surface area contributed by atoms with Crippen LogP contribution in [0.15, 0.2) is 6.20 Å². The fourth-order valence-corrected chi connectivity index (χ4v) is 2.89. The summed E-state index contributed by atoms with van der Waals surface area (Å²) in [5.41, 5.74) is 0. The summed E-state index contributed by atoms with van der Waals surface area (Å²) < 4.78 is 0. The summed E-state index contributed by atoms with van der Waals surface area (Å²) in [6.45, 7) is 7.85. The van der Waals surface area contributed by atoms with Crippen molar-refractivity contribution in [3.8, 4) is 0 Å². The predicted molar refractivity (Wildman–Crippen MR) is 76.2 cm³/mol. The van der Waals surface area contributed by atoms with E-state index in [2.05, 4.69) is 22.5 Å². The number of halogens is 1. The Morgan fingerprint density at radius 3 is 2.83 bits per heavy atom. The first kappa shape index (κ1) is 15.4. The number of thiazole rings is 1. The summed E-state index contributed by atoms with van der Waals surface area (Å²) in [6, 6.07) is 0.00833. The molecule has 18 heavy (non-hydrogen) atoms. The molecule has 1 saturated heterocycles. The molecule has 2 rings (SSSR count). The smallest absolute Gasteiger partial charge is 0.225 e. The van der Waals surface area contributed by atoms with E-state index in [0.29, 0.717) is 5.92 Å². The zero-order chi connectivity index (χ0) is 12.4. The van der Waals surface area contributed by atoms with Crippen molar-refractivity contribution in [2.75, 3.05) is 13.1 Å². The van der Waals surface area contributed by atoms with Crippen LogP contribution < -0.4 is 10.6 Å². The molecular formula is C12H20ClN3OS. The lowest BCUT2D eigenvalue weighted by Gasteiger charge is -2.17. The molecule has 4 nitrogen and oxygen atoms in total. The SMILES string of the molecule is Cc1cnc(C(C)NC(=O)[C@@H]2CNC[C@H]2C)s1.Cl. The van der Waals surface area contributed by atoms with E-state index in [4.69, 9.17) is 0 Å². The molecule has 1 aromatic rings. The second kappa shape index (κ2) is 6.50. The van der Waals surface area contributed by atoms with E-state index in [9.17, 15) is 4.79 Å². The number of aryl methyl sites for hydroxylation is 1. The summed E-state index contributed by atoms with van der Waals surface area (Å²) in [5, 5.41) is 7.28. The fraction of sp³-hybridized carbons (Fsp3) is 0.667. The molecule has 0 bridgehead atoms. The van der Waals surface area contributed by atoms with Gasteiger partial charge in [0.25, 0.3) is 0 Å². The van der Waals surface area contributed by atoms with Crippen LogP contribution in [-0.2, 0) is 4.79 Å². The lowest BCUT2D eigenvalue weighted by molar-refractivity contribution is -0.126. The molecule has 0 radical (unpaired) electrons. The number of carbonyl (C=O) groups excluding carboxylic acids is 1. The molecule has 1 aliphatic heterocycles. The molecule has 2 N–H and O–H groups in total. The Labute approximate surface area is 118 Å². The van der Waals surface area contributed by atoms with E-state index in [1.165, 1.54) is 4.88 Å². The fourth-order valence-electron chi connectivity index (χ4n) is 2.12. The molecule has 3 atom stereocenters. The highest BCUT2D eigenvalue weighted by Gasteiger charge is 2.30. The molecule has 1 fully saturated rings. The standard InChI is InChI=1S/C12H19N3OS.ClH/c1-7-4-13-6-10(7)11(16)15-9(3)12-14-5-8(2)17-12;/h5,7,9-10,13H,4,6H2,1-3H3,(H,15,16);1H/t7-,9?,10-;/m1./s1. The van der Waals surface area contributed by atoms with Crippen LogP contribution in [-0.4, -0.2) is 24.0 Å². The highest BCUT2D eigenvalue weighted by Crippen LogP contribution is 2.21. The summed E-state index contributed by atoms with van der Waals surface area (Å²) in [4.78, 5) is 17.6. The normalized spacial score (nSPS) is 24.4. The number of hydrogen-bond donors (Lipinski definition) is 2. The van der Waals surface area contributed by atoms with E-state index in [-0.39, 0.29) is 30.3 Å². The van der Waals surface area contributed by atoms with E-state index in [1.54, 1.807) is 11.3 Å². The van der Waals surface area contributed by atoms with Crippen molar-refractivity contribution in [2.45, 2.75) is 26.8 Å². The molecule has 1 aliphatic rings. The molecule has 0 aliphatic carbocycles. The molecule has 0 saturated carbocycles. The first-order valence-electron chi connectivity index (χ1n) is 6.01. The van der Waals surface area contributed by atoms with Crippen LogP contribution in [0.1, 0.15) is 29.8 Å². The Bertz CT molecular complexity index is 410. The topological polar surface area (TPSA) is 54.0 Å². The van der Waals surface area contributed by atoms with Crippen LogP contribution in [0.4, 0.5) is 0 Å². The first-order chi connectivity index (χ1) is 8.08. The average molecular weight is 290 g/mol. The molecule has 1 aromatic heterocycles. The second-order valence-corrected chi connectivity index (χ2v) is 6.05. The molecule has 6 heteroatoms. The molecule has 0 spiro atoms. The van der Waals surface area contributed by atoms with Crippen LogP contribution in [0.3, 0.4) is 0 Å². The Hall–Kier alpha value is -0.650. The largest absolute Gasteiger partial charge is 0.347 e. The van der Waals surface area contributed by atoms with Gasteiger partial charge in [-0.3, -0.25) is 4.79 Å². The second-order valence-electron chi connectivity index (χ2n) is 4.78. The van der Waals surface area contributed by atoms with Crippen molar-refractivity contribution in [1.82, 2.24) is 15.6 Å². The number of carbonyl (C=O) groups is 1. The van der Waals surface area contributed by atoms with E-state index < -0.39 is 0 Å². The van der Waals surface area contributed by atoms with E-state index in [0.717, 1.165) is 18.1 Å². The van der Waals surface area contributed by atoms with Crippen molar-refractivity contribution in [1.29, 1.82) is 0 Å². The van der Waals surface area contributed by atoms with Crippen molar-refractivity contribution >= 4 is 29.7 Å². The first-order valence-corrected chi connectivity index (χ1v) is 6.83. The van der Waals surface area contributed by atoms with Gasteiger partial charge >= 0.3 is 0 Å². The molecule has 102 valence electrons. The number of amides is 1. The van der Waals surface area contributed by atoms with Gasteiger partial charge in [0.1, 0.15) is 5.01 Å². The van der Waals surface area contributed by atoms with Crippen molar-refractivity contribution < 1.29 is 4.79 Å². The third-order valence-electron chi connectivity index (χ3n) is 3.22. The zero-order valence-corrected chi connectivity index (χ0v) is 12.5. The maximum absolute atomic E-state index is 12.1. The maximum atomic E-state index is 12.1. The predicted octanol–water partition coefficient (Wildman–Crippen LogP) is 1.91. The third-order valence-corrected chi connectivity index (χ3v) is 4.32. The Balaban J connectivity index is 0.00000162. The van der Waals surface area contributed by atoms with Gasteiger partial charge in [0.2, 0.25) is 5.91 Å². The molecule has 0 aromatic carbocycles. The summed E-state index contributed by atoms with van der Waals surface area (Å²) in [5.74, 6) is 0.654. The summed E-state index contributed by atoms with van der Waals surface area (Å²) in [6.07, 6.45) is 1.85. The number of rotatable bonds is 3. The minimum atomic E-state index is 0. The lowest BCUT2D eigenvalue weighted by atomic mass is 9.97. The highest BCUT2D eigenvalue weighted by molar-refractivity contribution is 7.11. The van der Waals surface area contributed by atoms with Gasteiger partial charge in [0.05, 0.1) is 12.0 Å². The van der Waals surface area contributed by atoms with Crippen LogP contribution >= 0.6 is 23.7 Å². The molecule has 2 heterocycles. The quantitative estimate of drug-likeness (QED) is 0.894. The number of hydrogen-bond acceptors (Lipinski definition) is 4. The van der Waals surface area contributed by atoms with Crippen molar-refractivity contribution in [2.24, 2.45) is 11.8 Å². The van der Waals surface area contributed by atoms with Gasteiger partial charge in [-0.1, -0.05) is 6.92 Å². The van der Waals surface area contributed by atoms with Gasteiger partial charge in [0.15, 0.2) is 0 Å². The van der Waals surface area contributed by atoms with Gasteiger partial charge in [-0.25, -0.2) is 4.98 Å². The van der Waals surface area contributed by atoms with Crippen molar-refractivity contribution in [3.63, 3.8) is 0 Å². The summed E-state index contributed by atoms with van der Waals surface area (Å²) in [7, 11) is 0. The van der Waals surface area contributed by atoms with Crippen LogP contribution in [0.2, 0.25) is 0 Å². The zero-order valence-electron chi connectivity index (χ0n) is 10.9. The monoisotopic (exact) mass is 289 g/mol. The van der Waals surface area contributed by atoms with Gasteiger partial charge < -0.3 is 10.6 Å². The van der Waals surface area contributed by atoms with Crippen LogP contribution in [0.5, 0.6) is 0 Å². The van der Waals surface area contributed by atoms with E-state index in [1.807, 2.05) is 20.0 Å². The number of nitrogens with one attached hydrogen (secondary N) is 2. The van der Waals surface area contributed by atoms with Gasteiger partial charge in [-0.05, 0) is 26.3 Å². The average Bonchev–Trinajstić information content (AvgIpc) is 2.86. The lowest BCUT2D eigenvalue weighted by Crippen LogP contribution is -2.35. The Morgan fingerprint density at radius 1 is 1.61 bits per heavy atom. The summed E-state index contributed by atoms with van der Waals surface area (Å²) >= 11 is 1.64. The van der Waals surface area contributed by atoms with E-state index >= 15 is 0 Å². The van der Waals surface area contributed by atoms with Gasteiger partial charge in [-0.15, -0.1) is 23.7 Å². The molecule has 1 unspecified atom stereocenters. The van der Waals surface area contributed by atoms with Crippen molar-refractivity contribution in [3.05, 3.63) is 16.1 Å². The van der Waals surface area contributed by atoms with Gasteiger partial charge in [0, 0.05) is 17.6 Å². The Morgan fingerprint density at radius 2 is 2.33 bits per heavy atom. The van der Waals surface area contributed by atoms with Crippen LogP contribution in [0.25, 0.3) is 0 Å². The minimum absolute atomic E-state index is 0.